The Balaban J connectivity index is 2.08. The van der Waals surface area contributed by atoms with Crippen molar-refractivity contribution in [3.8, 4) is 0 Å². The Morgan fingerprint density at radius 3 is 2.80 bits per heavy atom. The normalized spacial score (nSPS) is 26.2. The zero-order chi connectivity index (χ0) is 14.8. The van der Waals surface area contributed by atoms with Crippen LogP contribution < -0.4 is 11.1 Å². The van der Waals surface area contributed by atoms with E-state index in [1.54, 1.807) is 0 Å². The topological polar surface area (TPSA) is 127 Å². The molecule has 1 aliphatic carbocycles. The summed E-state index contributed by atoms with van der Waals surface area (Å²) in [5.41, 5.74) is 4.29. The number of aliphatic hydroxyl groups is 1. The van der Waals surface area contributed by atoms with Crippen LogP contribution in [0.5, 0.6) is 0 Å². The van der Waals surface area contributed by atoms with Crippen molar-refractivity contribution in [2.75, 3.05) is 17.6 Å². The van der Waals surface area contributed by atoms with Gasteiger partial charge in [0, 0.05) is 6.54 Å². The summed E-state index contributed by atoms with van der Waals surface area (Å²) in [6, 6.07) is 0. The first-order valence-corrected chi connectivity index (χ1v) is 6.62. The van der Waals surface area contributed by atoms with Crippen LogP contribution in [0.25, 0.3) is 0 Å². The van der Waals surface area contributed by atoms with Gasteiger partial charge in [0.15, 0.2) is 0 Å². The Morgan fingerprint density at radius 1 is 1.55 bits per heavy atom. The quantitative estimate of drug-likeness (QED) is 0.561. The van der Waals surface area contributed by atoms with Gasteiger partial charge in [-0.05, 0) is 31.6 Å². The SMILES string of the molecule is CC1CCC(O)(CNc2ncnc(N)c2[N+](=O)[O-])CC1. The molecule has 4 N–H and O–H groups in total. The van der Waals surface area contributed by atoms with E-state index in [2.05, 4.69) is 22.2 Å². The van der Waals surface area contributed by atoms with Crippen molar-refractivity contribution in [1.29, 1.82) is 0 Å². The van der Waals surface area contributed by atoms with E-state index in [0.29, 0.717) is 18.8 Å². The highest BCUT2D eigenvalue weighted by atomic mass is 16.6. The molecule has 2 rings (SSSR count). The first-order valence-electron chi connectivity index (χ1n) is 6.62. The van der Waals surface area contributed by atoms with Gasteiger partial charge in [-0.15, -0.1) is 0 Å². The average Bonchev–Trinajstić information content (AvgIpc) is 2.40. The van der Waals surface area contributed by atoms with Crippen LogP contribution in [-0.4, -0.2) is 32.1 Å². The molecule has 1 heterocycles. The number of nitrogens with zero attached hydrogens (tertiary/aromatic N) is 3. The van der Waals surface area contributed by atoms with E-state index in [1.807, 2.05) is 0 Å². The highest BCUT2D eigenvalue weighted by Crippen LogP contribution is 2.33. The number of rotatable bonds is 4. The molecule has 0 aromatic carbocycles. The molecule has 1 aromatic rings. The molecular weight excluding hydrogens is 262 g/mol. The molecule has 0 radical (unpaired) electrons. The van der Waals surface area contributed by atoms with E-state index in [4.69, 9.17) is 5.73 Å². The van der Waals surface area contributed by atoms with Crippen LogP contribution in [0.4, 0.5) is 17.3 Å². The van der Waals surface area contributed by atoms with Crippen molar-refractivity contribution in [2.24, 2.45) is 5.92 Å². The van der Waals surface area contributed by atoms with Crippen LogP contribution in [0, 0.1) is 16.0 Å². The highest BCUT2D eigenvalue weighted by Gasteiger charge is 2.32. The molecule has 0 atom stereocenters. The molecule has 1 aromatic heterocycles. The Kier molecular flexibility index (Phi) is 4.03. The maximum atomic E-state index is 11.0. The molecule has 110 valence electrons. The Hall–Kier alpha value is -1.96. The zero-order valence-corrected chi connectivity index (χ0v) is 11.4. The molecule has 0 bridgehead atoms. The molecule has 1 aliphatic rings. The van der Waals surface area contributed by atoms with Gasteiger partial charge < -0.3 is 16.2 Å². The smallest absolute Gasteiger partial charge is 0.352 e. The summed E-state index contributed by atoms with van der Waals surface area (Å²) in [6.07, 6.45) is 4.42. The summed E-state index contributed by atoms with van der Waals surface area (Å²) >= 11 is 0. The van der Waals surface area contributed by atoms with Gasteiger partial charge in [-0.2, -0.15) is 0 Å². The monoisotopic (exact) mass is 281 g/mol. The van der Waals surface area contributed by atoms with Crippen LogP contribution >= 0.6 is 0 Å². The van der Waals surface area contributed by atoms with Crippen molar-refractivity contribution in [1.82, 2.24) is 9.97 Å². The van der Waals surface area contributed by atoms with Gasteiger partial charge in [0.05, 0.1) is 10.5 Å². The largest absolute Gasteiger partial charge is 0.388 e. The predicted molar refractivity (Wildman–Crippen MR) is 74.2 cm³/mol. The summed E-state index contributed by atoms with van der Waals surface area (Å²) in [7, 11) is 0. The van der Waals surface area contributed by atoms with E-state index in [-0.39, 0.29) is 23.9 Å². The molecular formula is C12H19N5O3. The number of nitro groups is 1. The minimum atomic E-state index is -0.847. The van der Waals surface area contributed by atoms with Crippen LogP contribution in [0.1, 0.15) is 32.6 Å². The summed E-state index contributed by atoms with van der Waals surface area (Å²) in [5, 5.41) is 24.2. The van der Waals surface area contributed by atoms with Crippen molar-refractivity contribution in [3.05, 3.63) is 16.4 Å². The van der Waals surface area contributed by atoms with E-state index >= 15 is 0 Å². The molecule has 0 spiro atoms. The van der Waals surface area contributed by atoms with E-state index in [9.17, 15) is 15.2 Å². The van der Waals surface area contributed by atoms with E-state index in [0.717, 1.165) is 19.2 Å². The number of nitrogens with one attached hydrogen (secondary N) is 1. The molecule has 1 fully saturated rings. The molecule has 0 aliphatic heterocycles. The number of hydrogen-bond donors (Lipinski definition) is 3. The molecule has 0 unspecified atom stereocenters. The standard InChI is InChI=1S/C12H19N5O3/c1-8-2-4-12(18,5-3-8)6-14-11-9(17(19)20)10(13)15-7-16-11/h7-8,18H,2-6H2,1H3,(H3,13,14,15,16). The lowest BCUT2D eigenvalue weighted by atomic mass is 9.79. The van der Waals surface area contributed by atoms with Crippen LogP contribution in [-0.2, 0) is 0 Å². The predicted octanol–water partition coefficient (Wildman–Crippen LogP) is 1.32. The summed E-state index contributed by atoms with van der Waals surface area (Å²) < 4.78 is 0. The number of aromatic nitrogens is 2. The zero-order valence-electron chi connectivity index (χ0n) is 11.4. The van der Waals surface area contributed by atoms with E-state index in [1.165, 1.54) is 0 Å². The van der Waals surface area contributed by atoms with Crippen LogP contribution in [0.15, 0.2) is 6.33 Å². The molecule has 8 nitrogen and oxygen atoms in total. The van der Waals surface area contributed by atoms with Crippen molar-refractivity contribution in [3.63, 3.8) is 0 Å². The molecule has 0 amide bonds. The van der Waals surface area contributed by atoms with Gasteiger partial charge in [0.25, 0.3) is 0 Å². The van der Waals surface area contributed by atoms with Gasteiger partial charge in [-0.1, -0.05) is 6.92 Å². The Morgan fingerprint density at radius 2 is 2.20 bits per heavy atom. The lowest BCUT2D eigenvalue weighted by molar-refractivity contribution is -0.383. The van der Waals surface area contributed by atoms with Crippen LogP contribution in [0.3, 0.4) is 0 Å². The number of hydrogen-bond acceptors (Lipinski definition) is 7. The van der Waals surface area contributed by atoms with Gasteiger partial charge >= 0.3 is 5.69 Å². The summed E-state index contributed by atoms with van der Waals surface area (Å²) in [4.78, 5) is 17.8. The summed E-state index contributed by atoms with van der Waals surface area (Å²) in [6.45, 7) is 2.37. The maximum Gasteiger partial charge on any atom is 0.352 e. The fraction of sp³-hybridized carbons (Fsp3) is 0.667. The Bertz CT molecular complexity index is 500. The molecule has 0 saturated heterocycles. The van der Waals surface area contributed by atoms with Gasteiger partial charge in [-0.3, -0.25) is 10.1 Å². The van der Waals surface area contributed by atoms with Crippen molar-refractivity contribution < 1.29 is 10.0 Å². The summed E-state index contributed by atoms with van der Waals surface area (Å²) in [5.74, 6) is 0.477. The average molecular weight is 281 g/mol. The number of anilines is 2. The fourth-order valence-corrected chi connectivity index (χ4v) is 2.43. The fourth-order valence-electron chi connectivity index (χ4n) is 2.43. The highest BCUT2D eigenvalue weighted by molar-refractivity contribution is 5.67. The lowest BCUT2D eigenvalue weighted by Gasteiger charge is -2.35. The first-order chi connectivity index (χ1) is 9.41. The first kappa shape index (κ1) is 14.4. The lowest BCUT2D eigenvalue weighted by Crippen LogP contribution is -2.40. The van der Waals surface area contributed by atoms with Crippen molar-refractivity contribution >= 4 is 17.3 Å². The third kappa shape index (κ3) is 3.13. The second-order valence-electron chi connectivity index (χ2n) is 5.47. The van der Waals surface area contributed by atoms with Crippen LogP contribution in [0.2, 0.25) is 0 Å². The van der Waals surface area contributed by atoms with Gasteiger partial charge in [0.1, 0.15) is 6.33 Å². The van der Waals surface area contributed by atoms with Gasteiger partial charge in [0.2, 0.25) is 11.6 Å². The third-order valence-electron chi connectivity index (χ3n) is 3.82. The number of nitrogens with two attached hydrogens (primary N) is 1. The Labute approximate surface area is 116 Å². The van der Waals surface area contributed by atoms with Gasteiger partial charge in [-0.25, -0.2) is 9.97 Å². The second-order valence-corrected chi connectivity index (χ2v) is 5.47. The van der Waals surface area contributed by atoms with Crippen molar-refractivity contribution in [2.45, 2.75) is 38.2 Å². The molecule has 8 heteroatoms. The minimum absolute atomic E-state index is 0.0505. The molecule has 1 saturated carbocycles. The third-order valence-corrected chi connectivity index (χ3v) is 3.82. The second kappa shape index (κ2) is 5.58. The maximum absolute atomic E-state index is 11.0. The van der Waals surface area contributed by atoms with E-state index < -0.39 is 10.5 Å². The minimum Gasteiger partial charge on any atom is -0.388 e. The number of nitrogen functional groups attached to an aromatic ring is 1. The molecule has 20 heavy (non-hydrogen) atoms.